The van der Waals surface area contributed by atoms with Crippen LogP contribution in [0.5, 0.6) is 5.75 Å². The number of hydrogen-bond donors (Lipinski definition) is 2. The Bertz CT molecular complexity index is 1190. The summed E-state index contributed by atoms with van der Waals surface area (Å²) in [6.07, 6.45) is 0.715. The maximum Gasteiger partial charge on any atom is 0.219 e. The summed E-state index contributed by atoms with van der Waals surface area (Å²) in [6.45, 7) is 0. The Balaban J connectivity index is 1.59. The van der Waals surface area contributed by atoms with Crippen molar-refractivity contribution in [2.75, 3.05) is 17.7 Å². The Kier molecular flexibility index (Phi) is 4.65. The Hall–Kier alpha value is -3.75. The average Bonchev–Trinajstić information content (AvgIpc) is 3.14. The molecule has 2 aliphatic rings. The SMILES string of the molecule is COc1ccc([C@H]2CC(=O)C3=C(C2)Nc2nonc2N[C@H]3c2cccc(F)c2F)cc1. The molecule has 5 rings (SSSR count). The largest absolute Gasteiger partial charge is 0.497 e. The average molecular weight is 424 g/mol. The zero-order chi connectivity index (χ0) is 21.5. The van der Waals surface area contributed by atoms with Gasteiger partial charge < -0.3 is 15.4 Å². The van der Waals surface area contributed by atoms with Crippen LogP contribution in [-0.2, 0) is 4.79 Å². The van der Waals surface area contributed by atoms with Gasteiger partial charge in [0.15, 0.2) is 17.4 Å². The van der Waals surface area contributed by atoms with E-state index in [2.05, 4.69) is 20.9 Å². The molecule has 1 aliphatic heterocycles. The van der Waals surface area contributed by atoms with E-state index in [4.69, 9.17) is 9.37 Å². The van der Waals surface area contributed by atoms with Crippen molar-refractivity contribution in [3.8, 4) is 5.75 Å². The van der Waals surface area contributed by atoms with Crippen LogP contribution in [0.15, 0.2) is 58.4 Å². The summed E-state index contributed by atoms with van der Waals surface area (Å²) in [6, 6.07) is 10.5. The second kappa shape index (κ2) is 7.50. The Morgan fingerprint density at radius 3 is 2.61 bits per heavy atom. The van der Waals surface area contributed by atoms with Crippen LogP contribution >= 0.6 is 0 Å². The van der Waals surface area contributed by atoms with Crippen molar-refractivity contribution in [2.24, 2.45) is 0 Å². The van der Waals surface area contributed by atoms with Gasteiger partial charge in [0.25, 0.3) is 0 Å². The first-order valence-corrected chi connectivity index (χ1v) is 9.75. The van der Waals surface area contributed by atoms with Gasteiger partial charge in [0.2, 0.25) is 11.6 Å². The number of carbonyl (C=O) groups is 1. The minimum Gasteiger partial charge on any atom is -0.497 e. The van der Waals surface area contributed by atoms with Gasteiger partial charge in [-0.15, -0.1) is 0 Å². The summed E-state index contributed by atoms with van der Waals surface area (Å²) in [7, 11) is 1.59. The zero-order valence-corrected chi connectivity index (χ0v) is 16.5. The predicted octanol–water partition coefficient (Wildman–Crippen LogP) is 4.34. The van der Waals surface area contributed by atoms with Crippen LogP contribution in [0.1, 0.15) is 35.9 Å². The van der Waals surface area contributed by atoms with Crippen LogP contribution < -0.4 is 15.4 Å². The van der Waals surface area contributed by atoms with Crippen molar-refractivity contribution in [2.45, 2.75) is 24.8 Å². The topological polar surface area (TPSA) is 89.3 Å². The van der Waals surface area contributed by atoms with Gasteiger partial charge in [-0.25, -0.2) is 13.4 Å². The molecule has 0 saturated heterocycles. The van der Waals surface area contributed by atoms with Crippen LogP contribution in [0.2, 0.25) is 0 Å². The molecule has 2 aromatic carbocycles. The van der Waals surface area contributed by atoms with Crippen molar-refractivity contribution in [1.29, 1.82) is 0 Å². The molecule has 1 aromatic heterocycles. The lowest BCUT2D eigenvalue weighted by molar-refractivity contribution is -0.116. The number of halogens is 2. The van der Waals surface area contributed by atoms with Gasteiger partial charge in [0.05, 0.1) is 13.2 Å². The van der Waals surface area contributed by atoms with E-state index in [1.807, 2.05) is 24.3 Å². The van der Waals surface area contributed by atoms with E-state index in [9.17, 15) is 13.6 Å². The van der Waals surface area contributed by atoms with Crippen molar-refractivity contribution in [3.63, 3.8) is 0 Å². The highest BCUT2D eigenvalue weighted by Crippen LogP contribution is 2.44. The standard InChI is InChI=1S/C22H18F2N4O3/c1-30-13-7-5-11(6-8-13)12-9-16-18(17(29)10-12)20(14-3-2-4-15(23)19(14)24)26-22-21(25-16)27-31-28-22/h2-8,12,20H,9-10H2,1H3,(H,25,27)(H,26,28)/t12-,20+/m1/s1. The number of anilines is 2. The molecule has 0 fully saturated rings. The summed E-state index contributed by atoms with van der Waals surface area (Å²) >= 11 is 0. The number of methoxy groups -OCH3 is 1. The van der Waals surface area contributed by atoms with Crippen LogP contribution in [0.25, 0.3) is 0 Å². The van der Waals surface area contributed by atoms with Gasteiger partial charge in [-0.1, -0.05) is 24.3 Å². The predicted molar refractivity (Wildman–Crippen MR) is 108 cm³/mol. The second-order valence-electron chi connectivity index (χ2n) is 7.50. The molecule has 2 atom stereocenters. The van der Waals surface area contributed by atoms with Gasteiger partial charge in [0, 0.05) is 23.3 Å². The van der Waals surface area contributed by atoms with Gasteiger partial charge >= 0.3 is 0 Å². The van der Waals surface area contributed by atoms with Gasteiger partial charge in [-0.2, -0.15) is 0 Å². The number of ether oxygens (including phenoxy) is 1. The number of benzene rings is 2. The molecule has 0 amide bonds. The normalized spacial score (nSPS) is 20.3. The maximum atomic E-state index is 14.7. The second-order valence-corrected chi connectivity index (χ2v) is 7.50. The first-order chi connectivity index (χ1) is 15.0. The van der Waals surface area contributed by atoms with Crippen molar-refractivity contribution < 1.29 is 22.9 Å². The number of carbonyl (C=O) groups excluding carboxylic acids is 1. The highest BCUT2D eigenvalue weighted by atomic mass is 19.2. The molecule has 0 unspecified atom stereocenters. The van der Waals surface area contributed by atoms with Crippen molar-refractivity contribution >= 4 is 17.4 Å². The number of fused-ring (bicyclic) bond motifs is 1. The quantitative estimate of drug-likeness (QED) is 0.647. The van der Waals surface area contributed by atoms with Crippen LogP contribution in [0.3, 0.4) is 0 Å². The molecule has 158 valence electrons. The Morgan fingerprint density at radius 2 is 1.84 bits per heavy atom. The smallest absolute Gasteiger partial charge is 0.219 e. The molecule has 31 heavy (non-hydrogen) atoms. The third-order valence-corrected chi connectivity index (χ3v) is 5.72. The van der Waals surface area contributed by atoms with Crippen molar-refractivity contribution in [3.05, 3.63) is 76.5 Å². The lowest BCUT2D eigenvalue weighted by atomic mass is 9.78. The van der Waals surface area contributed by atoms with Gasteiger partial charge in [-0.05, 0) is 46.4 Å². The van der Waals surface area contributed by atoms with E-state index >= 15 is 0 Å². The fourth-order valence-corrected chi connectivity index (χ4v) is 4.19. The summed E-state index contributed by atoms with van der Waals surface area (Å²) in [5.41, 5.74) is 1.91. The van der Waals surface area contributed by atoms with E-state index in [0.717, 1.165) is 17.4 Å². The molecule has 1 aliphatic carbocycles. The molecule has 2 N–H and O–H groups in total. The molecule has 9 heteroatoms. The molecule has 0 radical (unpaired) electrons. The number of hydrogen-bond acceptors (Lipinski definition) is 7. The van der Waals surface area contributed by atoms with E-state index in [-0.39, 0.29) is 35.3 Å². The number of allylic oxidation sites excluding steroid dienone is 1. The number of rotatable bonds is 3. The minimum absolute atomic E-state index is 0.0152. The first kappa shape index (κ1) is 19.2. The van der Waals surface area contributed by atoms with Crippen LogP contribution in [-0.4, -0.2) is 23.2 Å². The molecule has 0 spiro atoms. The third kappa shape index (κ3) is 3.31. The summed E-state index contributed by atoms with van der Waals surface area (Å²) in [5.74, 6) is -1.04. The van der Waals surface area contributed by atoms with Crippen molar-refractivity contribution in [1.82, 2.24) is 10.3 Å². The summed E-state index contributed by atoms with van der Waals surface area (Å²) < 4.78 is 38.6. The number of nitrogens with zero attached hydrogens (tertiary/aromatic N) is 2. The number of nitrogens with one attached hydrogen (secondary N) is 2. The minimum atomic E-state index is -1.02. The highest BCUT2D eigenvalue weighted by molar-refractivity contribution is 6.00. The first-order valence-electron chi connectivity index (χ1n) is 9.75. The van der Waals surface area contributed by atoms with Crippen LogP contribution in [0.4, 0.5) is 20.4 Å². The molecular formula is C22H18F2N4O3. The fraction of sp³-hybridized carbons (Fsp3) is 0.227. The van der Waals surface area contributed by atoms with Gasteiger partial charge in [-0.3, -0.25) is 4.79 Å². The number of ketones is 1. The maximum absolute atomic E-state index is 14.7. The Labute approximate surface area is 176 Å². The molecule has 2 heterocycles. The molecule has 3 aromatic rings. The fourth-order valence-electron chi connectivity index (χ4n) is 4.19. The Morgan fingerprint density at radius 1 is 1.06 bits per heavy atom. The molecule has 7 nitrogen and oxygen atoms in total. The van der Waals surface area contributed by atoms with E-state index in [1.54, 1.807) is 7.11 Å². The number of aromatic nitrogens is 2. The van der Waals surface area contributed by atoms with E-state index < -0.39 is 17.7 Å². The van der Waals surface area contributed by atoms with Gasteiger partial charge in [0.1, 0.15) is 5.75 Å². The van der Waals surface area contributed by atoms with Crippen LogP contribution in [0, 0.1) is 11.6 Å². The summed E-state index contributed by atoms with van der Waals surface area (Å²) in [4.78, 5) is 13.3. The molecule has 0 saturated carbocycles. The lowest BCUT2D eigenvalue weighted by Gasteiger charge is -2.29. The monoisotopic (exact) mass is 424 g/mol. The van der Waals surface area contributed by atoms with E-state index in [1.165, 1.54) is 12.1 Å². The van der Waals surface area contributed by atoms with E-state index in [0.29, 0.717) is 17.7 Å². The summed E-state index contributed by atoms with van der Waals surface area (Å²) in [5, 5.41) is 13.7. The molecular weight excluding hydrogens is 406 g/mol. The third-order valence-electron chi connectivity index (χ3n) is 5.72. The molecule has 0 bridgehead atoms. The highest BCUT2D eigenvalue weighted by Gasteiger charge is 2.38. The zero-order valence-electron chi connectivity index (χ0n) is 16.5. The lowest BCUT2D eigenvalue weighted by Crippen LogP contribution is -2.27. The number of Topliss-reactive ketones (excluding diaryl/α,β-unsaturated/α-hetero) is 1.